The molecule has 23 heavy (non-hydrogen) atoms. The van der Waals surface area contributed by atoms with E-state index in [-0.39, 0.29) is 18.7 Å². The standard InChI is InChI=1S/C12H15F3N4O4/c13-12(14,15)11(21)9-3-1-2-4-18(9)10(20)7-17-6-8(5-16-17)19(22)23/h5-6,9,11,21H,1-4,7H2. The number of piperidine rings is 1. The van der Waals surface area contributed by atoms with E-state index in [1.165, 1.54) is 0 Å². The van der Waals surface area contributed by atoms with Gasteiger partial charge in [-0.3, -0.25) is 19.6 Å². The number of alkyl halides is 3. The Kier molecular flexibility index (Phi) is 4.88. The molecule has 0 saturated carbocycles. The highest BCUT2D eigenvalue weighted by Gasteiger charge is 2.47. The first-order valence-corrected chi connectivity index (χ1v) is 6.91. The molecule has 0 bridgehead atoms. The summed E-state index contributed by atoms with van der Waals surface area (Å²) in [5.41, 5.74) is -0.316. The number of rotatable bonds is 4. The van der Waals surface area contributed by atoms with Gasteiger partial charge in [-0.2, -0.15) is 18.3 Å². The number of nitro groups is 1. The van der Waals surface area contributed by atoms with Crippen molar-refractivity contribution < 1.29 is 28.0 Å². The summed E-state index contributed by atoms with van der Waals surface area (Å²) in [5.74, 6) is -0.670. The van der Waals surface area contributed by atoms with Crippen LogP contribution >= 0.6 is 0 Å². The molecular weight excluding hydrogens is 321 g/mol. The van der Waals surface area contributed by atoms with Gasteiger partial charge in [0.25, 0.3) is 0 Å². The van der Waals surface area contributed by atoms with Gasteiger partial charge in [-0.15, -0.1) is 0 Å². The van der Waals surface area contributed by atoms with E-state index in [1.54, 1.807) is 0 Å². The first-order valence-electron chi connectivity index (χ1n) is 6.91. The molecule has 1 aliphatic heterocycles. The van der Waals surface area contributed by atoms with Gasteiger partial charge in [0.05, 0.1) is 11.0 Å². The molecule has 0 aliphatic carbocycles. The minimum Gasteiger partial charge on any atom is -0.382 e. The molecule has 8 nitrogen and oxygen atoms in total. The van der Waals surface area contributed by atoms with Crippen LogP contribution in [0.4, 0.5) is 18.9 Å². The zero-order valence-electron chi connectivity index (χ0n) is 11.9. The molecule has 0 spiro atoms. The number of likely N-dealkylation sites (tertiary alicyclic amines) is 1. The number of amides is 1. The molecule has 2 heterocycles. The van der Waals surface area contributed by atoms with E-state index in [2.05, 4.69) is 5.10 Å². The van der Waals surface area contributed by atoms with E-state index in [0.717, 1.165) is 22.0 Å². The summed E-state index contributed by atoms with van der Waals surface area (Å²) in [4.78, 5) is 23.0. The highest BCUT2D eigenvalue weighted by Crippen LogP contribution is 2.30. The van der Waals surface area contributed by atoms with E-state index >= 15 is 0 Å². The Hall–Kier alpha value is -2.17. The number of hydrogen-bond donors (Lipinski definition) is 1. The Balaban J connectivity index is 2.10. The van der Waals surface area contributed by atoms with E-state index in [9.17, 15) is 33.2 Å². The Morgan fingerprint density at radius 3 is 2.78 bits per heavy atom. The zero-order valence-corrected chi connectivity index (χ0v) is 11.9. The molecule has 1 aliphatic rings. The topological polar surface area (TPSA) is 102 Å². The zero-order chi connectivity index (χ0) is 17.2. The van der Waals surface area contributed by atoms with Gasteiger partial charge >= 0.3 is 11.9 Å². The molecule has 1 amide bonds. The second kappa shape index (κ2) is 6.52. The van der Waals surface area contributed by atoms with Crippen molar-refractivity contribution >= 4 is 11.6 Å². The minimum absolute atomic E-state index is 0.0473. The van der Waals surface area contributed by atoms with Crippen LogP contribution < -0.4 is 0 Å². The maximum atomic E-state index is 12.7. The number of aromatic nitrogens is 2. The Morgan fingerprint density at radius 1 is 1.52 bits per heavy atom. The van der Waals surface area contributed by atoms with Gasteiger partial charge in [0.1, 0.15) is 18.9 Å². The van der Waals surface area contributed by atoms with Crippen molar-refractivity contribution in [3.63, 3.8) is 0 Å². The number of carbonyl (C=O) groups is 1. The third kappa shape index (κ3) is 3.97. The first kappa shape index (κ1) is 17.2. The van der Waals surface area contributed by atoms with Gasteiger partial charge in [0.15, 0.2) is 6.10 Å². The van der Waals surface area contributed by atoms with Crippen molar-refractivity contribution in [2.45, 2.75) is 44.1 Å². The van der Waals surface area contributed by atoms with Crippen LogP contribution in [0.1, 0.15) is 19.3 Å². The second-order valence-electron chi connectivity index (χ2n) is 5.29. The summed E-state index contributed by atoms with van der Waals surface area (Å²) < 4.78 is 39.1. The van der Waals surface area contributed by atoms with Crippen molar-refractivity contribution in [1.82, 2.24) is 14.7 Å². The van der Waals surface area contributed by atoms with Crippen molar-refractivity contribution in [2.75, 3.05) is 6.54 Å². The van der Waals surface area contributed by atoms with Gasteiger partial charge in [-0.25, -0.2) is 0 Å². The average molecular weight is 336 g/mol. The maximum absolute atomic E-state index is 12.7. The summed E-state index contributed by atoms with van der Waals surface area (Å²) in [6.45, 7) is -0.324. The van der Waals surface area contributed by atoms with Gasteiger partial charge in [-0.1, -0.05) is 0 Å². The van der Waals surface area contributed by atoms with Crippen LogP contribution in [-0.2, 0) is 11.3 Å². The average Bonchev–Trinajstić information content (AvgIpc) is 2.94. The van der Waals surface area contributed by atoms with Crippen LogP contribution in [0, 0.1) is 10.1 Å². The molecular formula is C12H15F3N4O4. The summed E-state index contributed by atoms with van der Waals surface area (Å²) in [5, 5.41) is 23.6. The fourth-order valence-corrected chi connectivity index (χ4v) is 2.58. The maximum Gasteiger partial charge on any atom is 0.416 e. The van der Waals surface area contributed by atoms with Gasteiger partial charge < -0.3 is 10.0 Å². The van der Waals surface area contributed by atoms with Crippen molar-refractivity contribution in [3.05, 3.63) is 22.5 Å². The summed E-state index contributed by atoms with van der Waals surface area (Å²) >= 11 is 0. The van der Waals surface area contributed by atoms with Gasteiger partial charge in [0, 0.05) is 6.54 Å². The molecule has 2 rings (SSSR count). The molecule has 2 unspecified atom stereocenters. The van der Waals surface area contributed by atoms with Crippen LogP contribution in [0.5, 0.6) is 0 Å². The minimum atomic E-state index is -4.81. The lowest BCUT2D eigenvalue weighted by atomic mass is 9.97. The fraction of sp³-hybridized carbons (Fsp3) is 0.667. The van der Waals surface area contributed by atoms with Crippen molar-refractivity contribution in [3.8, 4) is 0 Å². The molecule has 1 fully saturated rings. The lowest BCUT2D eigenvalue weighted by Gasteiger charge is -2.38. The van der Waals surface area contributed by atoms with Crippen LogP contribution in [0.3, 0.4) is 0 Å². The normalized spacial score (nSPS) is 20.3. The van der Waals surface area contributed by atoms with E-state index in [1.807, 2.05) is 0 Å². The lowest BCUT2D eigenvalue weighted by molar-refractivity contribution is -0.385. The highest BCUT2D eigenvalue weighted by atomic mass is 19.4. The van der Waals surface area contributed by atoms with Crippen LogP contribution in [0.25, 0.3) is 0 Å². The molecule has 1 N–H and O–H groups in total. The fourth-order valence-electron chi connectivity index (χ4n) is 2.58. The summed E-state index contributed by atoms with van der Waals surface area (Å²) in [6, 6.07) is -1.35. The van der Waals surface area contributed by atoms with E-state index < -0.39 is 35.7 Å². The Labute approximate surface area is 128 Å². The molecule has 128 valence electrons. The lowest BCUT2D eigenvalue weighted by Crippen LogP contribution is -2.55. The van der Waals surface area contributed by atoms with Gasteiger partial charge in [-0.05, 0) is 19.3 Å². The number of hydrogen-bond acceptors (Lipinski definition) is 5. The molecule has 0 radical (unpaired) electrons. The largest absolute Gasteiger partial charge is 0.416 e. The van der Waals surface area contributed by atoms with Crippen molar-refractivity contribution in [1.29, 1.82) is 0 Å². The molecule has 1 aromatic rings. The predicted molar refractivity (Wildman–Crippen MR) is 70.3 cm³/mol. The van der Waals surface area contributed by atoms with E-state index in [4.69, 9.17) is 0 Å². The number of aliphatic hydroxyl groups is 1. The highest BCUT2D eigenvalue weighted by molar-refractivity contribution is 5.76. The Bertz CT molecular complexity index is 589. The predicted octanol–water partition coefficient (Wildman–Crippen LogP) is 1.10. The third-order valence-electron chi connectivity index (χ3n) is 3.70. The van der Waals surface area contributed by atoms with Crippen LogP contribution in [0.15, 0.2) is 12.4 Å². The van der Waals surface area contributed by atoms with Crippen molar-refractivity contribution in [2.24, 2.45) is 0 Å². The van der Waals surface area contributed by atoms with Crippen LogP contribution in [-0.4, -0.2) is 55.5 Å². The summed E-state index contributed by atoms with van der Waals surface area (Å²) in [7, 11) is 0. The number of nitrogens with zero attached hydrogens (tertiary/aromatic N) is 4. The SMILES string of the molecule is O=C(Cn1cc([N+](=O)[O-])cn1)N1CCCCC1C(O)C(F)(F)F. The first-order chi connectivity index (χ1) is 10.7. The number of aliphatic hydroxyl groups excluding tert-OH is 1. The smallest absolute Gasteiger partial charge is 0.382 e. The molecule has 0 aromatic carbocycles. The Morgan fingerprint density at radius 2 is 2.22 bits per heavy atom. The van der Waals surface area contributed by atoms with E-state index in [0.29, 0.717) is 12.8 Å². The molecule has 1 saturated heterocycles. The van der Waals surface area contributed by atoms with Gasteiger partial charge in [0.2, 0.25) is 5.91 Å². The number of carbonyl (C=O) groups excluding carboxylic acids is 1. The second-order valence-corrected chi connectivity index (χ2v) is 5.29. The molecule has 1 aromatic heterocycles. The van der Waals surface area contributed by atoms with Crippen LogP contribution in [0.2, 0.25) is 0 Å². The number of halogens is 3. The monoisotopic (exact) mass is 336 g/mol. The quantitative estimate of drug-likeness (QED) is 0.655. The molecule has 2 atom stereocenters. The summed E-state index contributed by atoms with van der Waals surface area (Å²) in [6.07, 6.45) is -4.39. The third-order valence-corrected chi connectivity index (χ3v) is 3.70. The molecule has 11 heteroatoms.